The lowest BCUT2D eigenvalue weighted by Gasteiger charge is -2.23. The summed E-state index contributed by atoms with van der Waals surface area (Å²) >= 11 is 0. The van der Waals surface area contributed by atoms with Gasteiger partial charge in [0.05, 0.1) is 11.2 Å². The number of carbonyl (C=O) groups is 2. The molecule has 6 heteroatoms. The Morgan fingerprint density at radius 1 is 1.24 bits per heavy atom. The molecule has 1 aromatic rings. The number of carbonyl (C=O) groups excluding carboxylic acids is 2. The van der Waals surface area contributed by atoms with Gasteiger partial charge in [0.1, 0.15) is 5.82 Å². The molecular formula is C19H28FN3O2. The van der Waals surface area contributed by atoms with E-state index in [4.69, 9.17) is 5.73 Å². The quantitative estimate of drug-likeness (QED) is 0.730. The van der Waals surface area contributed by atoms with E-state index in [9.17, 15) is 14.0 Å². The zero-order chi connectivity index (χ0) is 18.4. The smallest absolute Gasteiger partial charge is 0.244 e. The van der Waals surface area contributed by atoms with E-state index < -0.39 is 11.4 Å². The van der Waals surface area contributed by atoms with Crippen molar-refractivity contribution in [2.24, 2.45) is 11.7 Å². The van der Waals surface area contributed by atoms with Gasteiger partial charge in [0.15, 0.2) is 0 Å². The van der Waals surface area contributed by atoms with Crippen LogP contribution in [0.25, 0.3) is 0 Å². The van der Waals surface area contributed by atoms with E-state index in [0.29, 0.717) is 12.1 Å². The Bertz CT molecular complexity index is 625. The van der Waals surface area contributed by atoms with Crippen molar-refractivity contribution in [3.8, 4) is 0 Å². The molecule has 1 aromatic carbocycles. The molecule has 1 unspecified atom stereocenters. The molecule has 1 aliphatic carbocycles. The van der Waals surface area contributed by atoms with Crippen molar-refractivity contribution >= 4 is 23.2 Å². The van der Waals surface area contributed by atoms with Crippen molar-refractivity contribution in [3.63, 3.8) is 0 Å². The number of rotatable bonds is 6. The molecule has 5 nitrogen and oxygen atoms in total. The standard InChI is InChI=1S/C19H28FN3O2/c1-3-11-19(2,21)18(25)22-14-9-10-15(20)16(12-14)23-17(24)13-7-5-4-6-8-13/h9-10,12-13H,3-8,11,21H2,1-2H3,(H,22,25)(H,23,24). The van der Waals surface area contributed by atoms with E-state index in [0.717, 1.165) is 38.5 Å². The van der Waals surface area contributed by atoms with E-state index in [-0.39, 0.29) is 23.4 Å². The maximum absolute atomic E-state index is 14.0. The van der Waals surface area contributed by atoms with Crippen LogP contribution in [0.1, 0.15) is 58.8 Å². The van der Waals surface area contributed by atoms with E-state index in [1.165, 1.54) is 18.2 Å². The summed E-state index contributed by atoms with van der Waals surface area (Å²) in [6.07, 6.45) is 6.22. The van der Waals surface area contributed by atoms with E-state index >= 15 is 0 Å². The average molecular weight is 349 g/mol. The molecule has 0 aromatic heterocycles. The molecule has 138 valence electrons. The summed E-state index contributed by atoms with van der Waals surface area (Å²) in [7, 11) is 0. The van der Waals surface area contributed by atoms with Crippen LogP contribution < -0.4 is 16.4 Å². The van der Waals surface area contributed by atoms with E-state index in [2.05, 4.69) is 10.6 Å². The van der Waals surface area contributed by atoms with Crippen LogP contribution in [0.15, 0.2) is 18.2 Å². The number of nitrogens with two attached hydrogens (primary N) is 1. The molecule has 1 saturated carbocycles. The number of hydrogen-bond acceptors (Lipinski definition) is 3. The summed E-state index contributed by atoms with van der Waals surface area (Å²) in [5.41, 5.74) is 5.52. The lowest BCUT2D eigenvalue weighted by Crippen LogP contribution is -2.48. The van der Waals surface area contributed by atoms with Crippen molar-refractivity contribution in [2.75, 3.05) is 10.6 Å². The minimum Gasteiger partial charge on any atom is -0.324 e. The van der Waals surface area contributed by atoms with Crippen LogP contribution in [0, 0.1) is 11.7 Å². The second-order valence-electron chi connectivity index (χ2n) is 7.14. The van der Waals surface area contributed by atoms with Gasteiger partial charge in [-0.1, -0.05) is 32.6 Å². The molecule has 1 fully saturated rings. The first-order valence-corrected chi connectivity index (χ1v) is 9.04. The maximum atomic E-state index is 14.0. The molecular weight excluding hydrogens is 321 g/mol. The summed E-state index contributed by atoms with van der Waals surface area (Å²) in [6.45, 7) is 3.62. The minimum atomic E-state index is -0.991. The highest BCUT2D eigenvalue weighted by Gasteiger charge is 2.27. The molecule has 0 radical (unpaired) electrons. The van der Waals surface area contributed by atoms with Crippen molar-refractivity contribution in [2.45, 2.75) is 64.3 Å². The Balaban J connectivity index is 2.06. The van der Waals surface area contributed by atoms with Gasteiger partial charge in [-0.3, -0.25) is 9.59 Å². The first-order valence-electron chi connectivity index (χ1n) is 9.04. The fourth-order valence-corrected chi connectivity index (χ4v) is 3.21. The number of hydrogen-bond donors (Lipinski definition) is 3. The predicted octanol–water partition coefficient (Wildman–Crippen LogP) is 3.80. The van der Waals surface area contributed by atoms with Gasteiger partial charge in [0, 0.05) is 11.6 Å². The molecule has 0 bridgehead atoms. The van der Waals surface area contributed by atoms with Crippen LogP contribution in [-0.2, 0) is 9.59 Å². The zero-order valence-electron chi connectivity index (χ0n) is 15.0. The molecule has 0 saturated heterocycles. The minimum absolute atomic E-state index is 0.0664. The molecule has 0 spiro atoms. The first kappa shape index (κ1) is 19.4. The molecule has 0 aliphatic heterocycles. The lowest BCUT2D eigenvalue weighted by molar-refractivity contribution is -0.121. The summed E-state index contributed by atoms with van der Waals surface area (Å²) < 4.78 is 14.0. The van der Waals surface area contributed by atoms with Crippen molar-refractivity contribution in [1.82, 2.24) is 0 Å². The normalized spacial score (nSPS) is 17.6. The highest BCUT2D eigenvalue weighted by Crippen LogP contribution is 2.27. The van der Waals surface area contributed by atoms with Crippen LogP contribution in [-0.4, -0.2) is 17.4 Å². The Morgan fingerprint density at radius 3 is 2.56 bits per heavy atom. The Kier molecular flexibility index (Phi) is 6.53. The molecule has 0 heterocycles. The zero-order valence-corrected chi connectivity index (χ0v) is 15.0. The number of halogens is 1. The number of nitrogens with one attached hydrogen (secondary N) is 2. The van der Waals surface area contributed by atoms with Crippen molar-refractivity contribution in [1.29, 1.82) is 0 Å². The van der Waals surface area contributed by atoms with Gasteiger partial charge in [-0.15, -0.1) is 0 Å². The Labute approximate surface area is 148 Å². The Morgan fingerprint density at radius 2 is 1.92 bits per heavy atom. The predicted molar refractivity (Wildman–Crippen MR) is 97.7 cm³/mol. The number of amides is 2. The number of benzene rings is 1. The maximum Gasteiger partial charge on any atom is 0.244 e. The summed E-state index contributed by atoms with van der Waals surface area (Å²) in [5.74, 6) is -1.07. The third-order valence-corrected chi connectivity index (χ3v) is 4.75. The molecule has 1 atom stereocenters. The first-order chi connectivity index (χ1) is 11.8. The highest BCUT2D eigenvalue weighted by atomic mass is 19.1. The highest BCUT2D eigenvalue weighted by molar-refractivity contribution is 5.99. The van der Waals surface area contributed by atoms with Gasteiger partial charge in [-0.05, 0) is 44.4 Å². The van der Waals surface area contributed by atoms with Crippen LogP contribution in [0.5, 0.6) is 0 Å². The SMILES string of the molecule is CCCC(C)(N)C(=O)Nc1ccc(F)c(NC(=O)C2CCCCC2)c1. The monoisotopic (exact) mass is 349 g/mol. The van der Waals surface area contributed by atoms with Crippen LogP contribution in [0.2, 0.25) is 0 Å². The van der Waals surface area contributed by atoms with E-state index in [1.54, 1.807) is 6.92 Å². The van der Waals surface area contributed by atoms with Crippen LogP contribution in [0.3, 0.4) is 0 Å². The fourth-order valence-electron chi connectivity index (χ4n) is 3.21. The Hall–Kier alpha value is -1.95. The van der Waals surface area contributed by atoms with Gasteiger partial charge < -0.3 is 16.4 Å². The largest absolute Gasteiger partial charge is 0.324 e. The molecule has 4 N–H and O–H groups in total. The van der Waals surface area contributed by atoms with Gasteiger partial charge in [-0.2, -0.15) is 0 Å². The third kappa shape index (κ3) is 5.26. The topological polar surface area (TPSA) is 84.2 Å². The van der Waals surface area contributed by atoms with Crippen molar-refractivity contribution in [3.05, 3.63) is 24.0 Å². The third-order valence-electron chi connectivity index (χ3n) is 4.75. The summed E-state index contributed by atoms with van der Waals surface area (Å²) in [6, 6.07) is 4.14. The molecule has 1 aliphatic rings. The van der Waals surface area contributed by atoms with Crippen LogP contribution in [0.4, 0.5) is 15.8 Å². The lowest BCUT2D eigenvalue weighted by atomic mass is 9.88. The second-order valence-corrected chi connectivity index (χ2v) is 7.14. The number of anilines is 2. The van der Waals surface area contributed by atoms with Gasteiger partial charge >= 0.3 is 0 Å². The second kappa shape index (κ2) is 8.43. The fraction of sp³-hybridized carbons (Fsp3) is 0.579. The van der Waals surface area contributed by atoms with E-state index in [1.807, 2.05) is 6.92 Å². The van der Waals surface area contributed by atoms with Crippen LogP contribution >= 0.6 is 0 Å². The van der Waals surface area contributed by atoms with Crippen molar-refractivity contribution < 1.29 is 14.0 Å². The van der Waals surface area contributed by atoms with Gasteiger partial charge in [-0.25, -0.2) is 4.39 Å². The molecule has 2 amide bonds. The van der Waals surface area contributed by atoms with Gasteiger partial charge in [0.2, 0.25) is 11.8 Å². The summed E-state index contributed by atoms with van der Waals surface area (Å²) in [5, 5.41) is 5.37. The summed E-state index contributed by atoms with van der Waals surface area (Å²) in [4.78, 5) is 24.6. The average Bonchev–Trinajstić information content (AvgIpc) is 2.58. The van der Waals surface area contributed by atoms with Gasteiger partial charge in [0.25, 0.3) is 0 Å². The molecule has 25 heavy (non-hydrogen) atoms. The molecule has 2 rings (SSSR count).